The zero-order valence-corrected chi connectivity index (χ0v) is 15.1. The lowest BCUT2D eigenvalue weighted by Crippen LogP contribution is -2.60. The maximum atomic E-state index is 12.7. The van der Waals surface area contributed by atoms with E-state index in [9.17, 15) is 19.8 Å². The van der Waals surface area contributed by atoms with Crippen LogP contribution in [0.15, 0.2) is 0 Å². The van der Waals surface area contributed by atoms with Gasteiger partial charge in [0.25, 0.3) is 0 Å². The molecule has 0 aliphatic heterocycles. The molecule has 2 bridgehead atoms. The third kappa shape index (κ3) is 1.73. The molecular formula is C20H30O4. The first-order valence-corrected chi connectivity index (χ1v) is 9.53. The number of rotatable bonds is 1. The van der Waals surface area contributed by atoms with Crippen molar-refractivity contribution in [2.45, 2.75) is 78.2 Å². The van der Waals surface area contributed by atoms with Crippen molar-refractivity contribution in [3.05, 3.63) is 0 Å². The predicted octanol–water partition coefficient (Wildman–Crippen LogP) is 3.41. The zero-order chi connectivity index (χ0) is 17.5. The fourth-order valence-corrected chi connectivity index (χ4v) is 7.68. The van der Waals surface area contributed by atoms with Crippen LogP contribution in [0, 0.1) is 33.5 Å². The molecule has 134 valence electrons. The number of hydrogen-bond donors (Lipinski definition) is 2. The van der Waals surface area contributed by atoms with Crippen molar-refractivity contribution in [1.29, 1.82) is 0 Å². The minimum atomic E-state index is -0.668. The van der Waals surface area contributed by atoms with E-state index in [0.717, 1.165) is 38.5 Å². The number of carbonyl (C=O) groups is 2. The van der Waals surface area contributed by atoms with Gasteiger partial charge in [-0.25, -0.2) is 0 Å². The van der Waals surface area contributed by atoms with Gasteiger partial charge in [0.2, 0.25) is 0 Å². The summed E-state index contributed by atoms with van der Waals surface area (Å²) in [5, 5.41) is 20.7. The Hall–Kier alpha value is -0.900. The van der Waals surface area contributed by atoms with Gasteiger partial charge in [0.05, 0.1) is 16.9 Å². The van der Waals surface area contributed by atoms with Gasteiger partial charge in [-0.3, -0.25) is 9.59 Å². The van der Waals surface area contributed by atoms with Gasteiger partial charge >= 0.3 is 5.97 Å². The van der Waals surface area contributed by atoms with E-state index in [0.29, 0.717) is 12.8 Å². The molecule has 0 aromatic heterocycles. The van der Waals surface area contributed by atoms with Crippen LogP contribution in [0.3, 0.4) is 0 Å². The van der Waals surface area contributed by atoms with Crippen LogP contribution in [-0.2, 0) is 9.59 Å². The van der Waals surface area contributed by atoms with E-state index in [4.69, 9.17) is 0 Å². The van der Waals surface area contributed by atoms with E-state index in [2.05, 4.69) is 6.92 Å². The highest BCUT2D eigenvalue weighted by molar-refractivity contribution is 5.89. The summed E-state index contributed by atoms with van der Waals surface area (Å²) < 4.78 is 0. The highest BCUT2D eigenvalue weighted by Gasteiger charge is 2.70. The molecule has 0 heterocycles. The summed E-state index contributed by atoms with van der Waals surface area (Å²) in [5.41, 5.74) is -1.29. The molecule has 0 radical (unpaired) electrons. The number of ketones is 1. The minimum Gasteiger partial charge on any atom is -0.481 e. The zero-order valence-electron chi connectivity index (χ0n) is 15.1. The van der Waals surface area contributed by atoms with E-state index < -0.39 is 22.9 Å². The van der Waals surface area contributed by atoms with Crippen LogP contribution >= 0.6 is 0 Å². The second kappa shape index (κ2) is 4.63. The van der Waals surface area contributed by atoms with Crippen LogP contribution in [0.5, 0.6) is 0 Å². The number of carboxylic acid groups (broad SMARTS) is 1. The summed E-state index contributed by atoms with van der Waals surface area (Å²) in [7, 11) is 0. The lowest BCUT2D eigenvalue weighted by molar-refractivity contribution is -0.191. The van der Waals surface area contributed by atoms with Crippen LogP contribution in [0.25, 0.3) is 0 Å². The summed E-state index contributed by atoms with van der Waals surface area (Å²) in [4.78, 5) is 24.7. The minimum absolute atomic E-state index is 0.00701. The second-order valence-corrected chi connectivity index (χ2v) is 10.0. The SMILES string of the molecule is C[C@@]12CCC[C@@](C)(C(=O)O)[C@H]1CC[C@]13CC(=O)[C@@](C)(C1)[C@H](O)C[C@H]32. The van der Waals surface area contributed by atoms with Crippen LogP contribution in [-0.4, -0.2) is 28.1 Å². The van der Waals surface area contributed by atoms with Crippen molar-refractivity contribution in [1.82, 2.24) is 0 Å². The van der Waals surface area contributed by atoms with Crippen LogP contribution in [0.4, 0.5) is 0 Å². The molecule has 0 amide bonds. The molecule has 4 fully saturated rings. The number of carboxylic acids is 1. The Morgan fingerprint density at radius 1 is 1.12 bits per heavy atom. The van der Waals surface area contributed by atoms with Crippen molar-refractivity contribution >= 4 is 11.8 Å². The number of Topliss-reactive ketones (excluding diaryl/α,β-unsaturated/α-hetero) is 1. The number of fused-ring (bicyclic) bond motifs is 3. The van der Waals surface area contributed by atoms with E-state index in [1.54, 1.807) is 0 Å². The molecule has 4 aliphatic rings. The summed E-state index contributed by atoms with van der Waals surface area (Å²) >= 11 is 0. The standard InChI is InChI=1S/C20H30O4/c1-17-6-4-7-18(2,16(23)24)12(17)5-8-20-10-15(22)19(3,11-20)14(21)9-13(17)20/h12-14,21H,4-11H2,1-3H3,(H,23,24)/t12-,13-,14+,17+,18+,19-,20-/m0/s1. The van der Waals surface area contributed by atoms with E-state index >= 15 is 0 Å². The van der Waals surface area contributed by atoms with Crippen molar-refractivity contribution in [2.75, 3.05) is 0 Å². The molecule has 2 N–H and O–H groups in total. The highest BCUT2D eigenvalue weighted by Crippen LogP contribution is 2.72. The third-order valence-electron chi connectivity index (χ3n) is 8.99. The van der Waals surface area contributed by atoms with Crippen molar-refractivity contribution in [3.63, 3.8) is 0 Å². The van der Waals surface area contributed by atoms with Crippen LogP contribution < -0.4 is 0 Å². The van der Waals surface area contributed by atoms with Gasteiger partial charge < -0.3 is 10.2 Å². The Kier molecular flexibility index (Phi) is 3.19. The first kappa shape index (κ1) is 16.6. The third-order valence-corrected chi connectivity index (χ3v) is 8.99. The first-order valence-electron chi connectivity index (χ1n) is 9.53. The van der Waals surface area contributed by atoms with Gasteiger partial charge in [0, 0.05) is 6.42 Å². The molecule has 4 heteroatoms. The monoisotopic (exact) mass is 334 g/mol. The Morgan fingerprint density at radius 2 is 1.83 bits per heavy atom. The largest absolute Gasteiger partial charge is 0.481 e. The Bertz CT molecular complexity index is 615. The first-order chi connectivity index (χ1) is 11.1. The molecule has 1 spiro atoms. The molecule has 4 nitrogen and oxygen atoms in total. The van der Waals surface area contributed by atoms with Crippen LogP contribution in [0.2, 0.25) is 0 Å². The highest BCUT2D eigenvalue weighted by atomic mass is 16.4. The lowest BCUT2D eigenvalue weighted by atomic mass is 9.40. The molecule has 0 aromatic rings. The molecular weight excluding hydrogens is 304 g/mol. The number of aliphatic hydroxyl groups is 1. The molecule has 4 aliphatic carbocycles. The van der Waals surface area contributed by atoms with Gasteiger partial charge in [0.1, 0.15) is 5.78 Å². The van der Waals surface area contributed by atoms with Gasteiger partial charge in [-0.1, -0.05) is 20.3 Å². The van der Waals surface area contributed by atoms with Crippen molar-refractivity contribution in [2.24, 2.45) is 33.5 Å². The normalized spacial score (nSPS) is 56.5. The Labute approximate surface area is 144 Å². The average Bonchev–Trinajstić information content (AvgIpc) is 2.71. The maximum absolute atomic E-state index is 12.7. The molecule has 0 saturated heterocycles. The number of aliphatic carboxylic acids is 1. The second-order valence-electron chi connectivity index (χ2n) is 10.0. The fourth-order valence-electron chi connectivity index (χ4n) is 7.68. The molecule has 7 atom stereocenters. The smallest absolute Gasteiger partial charge is 0.309 e. The van der Waals surface area contributed by atoms with Crippen LogP contribution in [0.1, 0.15) is 72.1 Å². The van der Waals surface area contributed by atoms with E-state index in [1.165, 1.54) is 0 Å². The fraction of sp³-hybridized carbons (Fsp3) is 0.900. The predicted molar refractivity (Wildman–Crippen MR) is 89.3 cm³/mol. The topological polar surface area (TPSA) is 74.6 Å². The van der Waals surface area contributed by atoms with E-state index in [-0.39, 0.29) is 28.4 Å². The number of hydrogen-bond acceptors (Lipinski definition) is 3. The summed E-state index contributed by atoms with van der Waals surface area (Å²) in [6.45, 7) is 6.14. The van der Waals surface area contributed by atoms with Crippen molar-refractivity contribution in [3.8, 4) is 0 Å². The molecule has 0 aromatic carbocycles. The summed E-state index contributed by atoms with van der Waals surface area (Å²) in [6.07, 6.45) is 6.08. The quantitative estimate of drug-likeness (QED) is 0.770. The number of aliphatic hydroxyl groups excluding tert-OH is 1. The molecule has 24 heavy (non-hydrogen) atoms. The Balaban J connectivity index is 1.78. The van der Waals surface area contributed by atoms with E-state index in [1.807, 2.05) is 13.8 Å². The van der Waals surface area contributed by atoms with Gasteiger partial charge in [-0.15, -0.1) is 0 Å². The van der Waals surface area contributed by atoms with Gasteiger partial charge in [-0.05, 0) is 68.1 Å². The van der Waals surface area contributed by atoms with Gasteiger partial charge in [0.15, 0.2) is 0 Å². The maximum Gasteiger partial charge on any atom is 0.309 e. The van der Waals surface area contributed by atoms with Gasteiger partial charge in [-0.2, -0.15) is 0 Å². The molecule has 4 rings (SSSR count). The van der Waals surface area contributed by atoms with Crippen molar-refractivity contribution < 1.29 is 19.8 Å². The molecule has 0 unspecified atom stereocenters. The summed E-state index contributed by atoms with van der Waals surface area (Å²) in [6, 6.07) is 0. The summed E-state index contributed by atoms with van der Waals surface area (Å²) in [5.74, 6) is -0.00851. The Morgan fingerprint density at radius 3 is 2.50 bits per heavy atom. The number of carbonyl (C=O) groups excluding carboxylic acids is 1. The lowest BCUT2D eigenvalue weighted by Gasteiger charge is -2.64. The molecule has 4 saturated carbocycles. The average molecular weight is 334 g/mol.